The van der Waals surface area contributed by atoms with E-state index >= 15 is 0 Å². The van der Waals surface area contributed by atoms with E-state index in [1.807, 2.05) is 0 Å². The summed E-state index contributed by atoms with van der Waals surface area (Å²) in [6.45, 7) is 0. The van der Waals surface area contributed by atoms with Crippen LogP contribution in [0.4, 0.5) is 59.4 Å². The molecule has 1 aromatic carbocycles. The summed E-state index contributed by atoms with van der Waals surface area (Å²) in [4.78, 5) is 1.43. The molecule has 0 radical (unpaired) electrons. The van der Waals surface area contributed by atoms with Gasteiger partial charge in [0.1, 0.15) is 0 Å². The minimum Gasteiger partial charge on any atom is -0.418 e. The standard InChI is InChI=1S/C12H11F7N2.BF4/c1-20-7-5-3-4-6-8(7)21(2)9(20)10(13,14)11(15,16)12(17,18)19;2-1(3,4)5/h3-6,9H,1-2H3;/q;-1/p+1. The topological polar surface area (TPSA) is 6.48 Å². The van der Waals surface area contributed by atoms with Crippen molar-refractivity contribution in [1.29, 1.82) is 0 Å². The predicted octanol–water partition coefficient (Wildman–Crippen LogP) is 5.14. The molecule has 1 aromatic rings. The molecule has 0 unspecified atom stereocenters. The van der Waals surface area contributed by atoms with E-state index in [4.69, 9.17) is 0 Å². The minimum atomic E-state index is -6.34. The lowest BCUT2D eigenvalue weighted by atomic mass is 10.1. The Morgan fingerprint density at radius 3 is 1.38 bits per heavy atom. The lowest BCUT2D eigenvalue weighted by Gasteiger charge is -2.38. The van der Waals surface area contributed by atoms with Crippen molar-refractivity contribution in [2.75, 3.05) is 23.9 Å². The highest BCUT2D eigenvalue weighted by molar-refractivity contribution is 6.50. The van der Waals surface area contributed by atoms with Crippen LogP contribution in [-0.2, 0) is 0 Å². The fourth-order valence-electron chi connectivity index (χ4n) is 2.42. The van der Waals surface area contributed by atoms with E-state index in [0.717, 1.165) is 23.9 Å². The van der Waals surface area contributed by atoms with Gasteiger partial charge in [0.05, 0.1) is 11.4 Å². The second-order valence-corrected chi connectivity index (χ2v) is 5.27. The molecule has 0 aromatic heterocycles. The molecule has 0 bridgehead atoms. The quantitative estimate of drug-likeness (QED) is 0.498. The normalized spacial score (nSPS) is 16.3. The van der Waals surface area contributed by atoms with Gasteiger partial charge in [-0.05, 0) is 12.1 Å². The van der Waals surface area contributed by atoms with Gasteiger partial charge in [-0.3, -0.25) is 0 Å². The van der Waals surface area contributed by atoms with Gasteiger partial charge in [0.15, 0.2) is 6.17 Å². The molecule has 0 fully saturated rings. The zero-order valence-corrected chi connectivity index (χ0v) is 13.0. The summed E-state index contributed by atoms with van der Waals surface area (Å²) in [5, 5.41) is 0. The zero-order valence-electron chi connectivity index (χ0n) is 14.0. The van der Waals surface area contributed by atoms with Gasteiger partial charge < -0.3 is 27.1 Å². The van der Waals surface area contributed by atoms with Crippen molar-refractivity contribution in [2.45, 2.75) is 24.2 Å². The van der Waals surface area contributed by atoms with Crippen molar-refractivity contribution in [3.8, 4) is 0 Å². The number of nitrogens with zero attached hydrogens (tertiary/aromatic N) is 2. The molecule has 0 N–H and O–H groups in total. The van der Waals surface area contributed by atoms with Gasteiger partial charge in [-0.15, -0.1) is 0 Å². The van der Waals surface area contributed by atoms with Crippen molar-refractivity contribution >= 4 is 18.6 Å². The van der Waals surface area contributed by atoms with Gasteiger partial charge in [-0.1, -0.05) is 12.1 Å². The number of benzene rings is 1. The Kier molecular flexibility index (Phi) is 5.70. The Hall–Kier alpha value is -1.89. The summed E-state index contributed by atoms with van der Waals surface area (Å²) in [5.41, 5.74) is 0.310. The number of para-hydroxylation sites is 2. The fourth-order valence-corrected chi connectivity index (χ4v) is 2.42. The van der Waals surface area contributed by atoms with Crippen LogP contribution in [0.2, 0.25) is 0 Å². The Bertz CT molecular complexity index is 600. The van der Waals surface area contributed by atoms with Crippen LogP contribution in [0.25, 0.3) is 0 Å². The highest BCUT2D eigenvalue weighted by Gasteiger charge is 2.77. The van der Waals surface area contributed by atoms with E-state index in [0.29, 0.717) is 0 Å². The van der Waals surface area contributed by atoms with Crippen LogP contribution < -0.4 is 9.80 Å². The molecular weight excluding hydrogens is 392 g/mol. The van der Waals surface area contributed by atoms with Gasteiger partial charge in [0.2, 0.25) is 0 Å². The van der Waals surface area contributed by atoms with Crippen molar-refractivity contribution < 1.29 is 49.4 Å². The fraction of sp³-hybridized carbons (Fsp3) is 0.500. The minimum absolute atomic E-state index is 0. The third-order valence-electron chi connectivity index (χ3n) is 3.47. The van der Waals surface area contributed by atoms with Crippen molar-refractivity contribution in [2.24, 2.45) is 0 Å². The van der Waals surface area contributed by atoms with E-state index in [1.54, 1.807) is 0 Å². The number of halogens is 11. The molecule has 150 valence electrons. The molecule has 0 atom stereocenters. The Morgan fingerprint density at radius 1 is 0.808 bits per heavy atom. The van der Waals surface area contributed by atoms with Gasteiger partial charge in [0.25, 0.3) is 0 Å². The van der Waals surface area contributed by atoms with Gasteiger partial charge >= 0.3 is 26.7 Å². The van der Waals surface area contributed by atoms with E-state index in [-0.39, 0.29) is 12.8 Å². The third-order valence-corrected chi connectivity index (χ3v) is 3.47. The van der Waals surface area contributed by atoms with Crippen LogP contribution in [0.15, 0.2) is 24.3 Å². The van der Waals surface area contributed by atoms with Crippen LogP contribution in [0.1, 0.15) is 1.43 Å². The molecular formula is C12H12BF11N2. The number of hydrogen-bond acceptors (Lipinski definition) is 2. The summed E-state index contributed by atoms with van der Waals surface area (Å²) in [6, 6.07) is 5.69. The van der Waals surface area contributed by atoms with E-state index in [9.17, 15) is 48.0 Å². The van der Waals surface area contributed by atoms with E-state index < -0.39 is 31.4 Å². The molecule has 14 heteroatoms. The number of alkyl halides is 7. The van der Waals surface area contributed by atoms with Crippen LogP contribution in [0.3, 0.4) is 0 Å². The average molecular weight is 404 g/mol. The molecule has 2 rings (SSSR count). The summed E-state index contributed by atoms with van der Waals surface area (Å²) < 4.78 is 130. The molecule has 0 saturated carbocycles. The number of rotatable bonds is 2. The number of hydrogen-bond donors (Lipinski definition) is 0. The SMILES string of the molecule is CN1c2ccccc2N(C)C1C(F)(F)C(F)(F)C(F)(F)F.F[B-](F)(F)F.[H+]. The summed E-state index contributed by atoms with van der Waals surface area (Å²) >= 11 is 0. The molecule has 1 aliphatic rings. The smallest absolute Gasteiger partial charge is 0.418 e. The first-order chi connectivity index (χ1) is 11.4. The first-order valence-corrected chi connectivity index (χ1v) is 6.67. The summed E-state index contributed by atoms with van der Waals surface area (Å²) in [7, 11) is -3.90. The number of fused-ring (bicyclic) bond motifs is 1. The molecule has 0 spiro atoms. The maximum absolute atomic E-state index is 13.9. The first-order valence-electron chi connectivity index (χ1n) is 6.67. The lowest BCUT2D eigenvalue weighted by Crippen LogP contribution is -2.65. The van der Waals surface area contributed by atoms with Gasteiger partial charge in [0, 0.05) is 14.1 Å². The average Bonchev–Trinajstić information content (AvgIpc) is 2.68. The van der Waals surface area contributed by atoms with Crippen molar-refractivity contribution in [3.05, 3.63) is 24.3 Å². The summed E-state index contributed by atoms with van der Waals surface area (Å²) in [5.74, 6) is -11.5. The lowest BCUT2D eigenvalue weighted by molar-refractivity contribution is -0.358. The Balaban J connectivity index is 0.00000100. The first kappa shape index (κ1) is 22.2. The predicted molar refractivity (Wildman–Crippen MR) is 74.3 cm³/mol. The van der Waals surface area contributed by atoms with E-state index in [1.165, 1.54) is 24.3 Å². The second-order valence-electron chi connectivity index (χ2n) is 5.27. The van der Waals surface area contributed by atoms with Gasteiger partial charge in [-0.2, -0.15) is 30.7 Å². The third kappa shape index (κ3) is 4.09. The number of anilines is 2. The van der Waals surface area contributed by atoms with Crippen LogP contribution >= 0.6 is 0 Å². The molecule has 1 heterocycles. The maximum atomic E-state index is 13.9. The molecule has 2 nitrogen and oxygen atoms in total. The molecule has 0 aliphatic carbocycles. The van der Waals surface area contributed by atoms with Crippen LogP contribution in [0, 0.1) is 0 Å². The zero-order chi connectivity index (χ0) is 20.7. The van der Waals surface area contributed by atoms with Crippen LogP contribution in [-0.4, -0.2) is 45.5 Å². The highest BCUT2D eigenvalue weighted by atomic mass is 19.5. The molecule has 1 aliphatic heterocycles. The monoisotopic (exact) mass is 404 g/mol. The molecule has 26 heavy (non-hydrogen) atoms. The molecule has 0 amide bonds. The Morgan fingerprint density at radius 2 is 1.12 bits per heavy atom. The highest BCUT2D eigenvalue weighted by Crippen LogP contribution is 2.53. The second kappa shape index (κ2) is 6.69. The van der Waals surface area contributed by atoms with Gasteiger partial charge in [-0.25, -0.2) is 0 Å². The molecule has 0 saturated heterocycles. The Labute approximate surface area is 141 Å². The summed E-state index contributed by atoms with van der Waals surface area (Å²) in [6.07, 6.45) is -8.78. The van der Waals surface area contributed by atoms with E-state index in [2.05, 4.69) is 0 Å². The maximum Gasteiger partial charge on any atom is 1.00 e. The van der Waals surface area contributed by atoms with Crippen molar-refractivity contribution in [3.63, 3.8) is 0 Å². The largest absolute Gasteiger partial charge is 1.00 e. The van der Waals surface area contributed by atoms with Crippen LogP contribution in [0.5, 0.6) is 0 Å². The van der Waals surface area contributed by atoms with Crippen molar-refractivity contribution in [1.82, 2.24) is 0 Å².